The number of halogens is 2. The lowest BCUT2D eigenvalue weighted by Gasteiger charge is -2.25. The van der Waals surface area contributed by atoms with Crippen LogP contribution >= 0.6 is 28.3 Å². The van der Waals surface area contributed by atoms with Gasteiger partial charge < -0.3 is 10.6 Å². The van der Waals surface area contributed by atoms with Crippen LogP contribution in [0.4, 0.5) is 0 Å². The highest BCUT2D eigenvalue weighted by molar-refractivity contribution is 9.10. The van der Waals surface area contributed by atoms with Gasteiger partial charge in [0.2, 0.25) is 0 Å². The van der Waals surface area contributed by atoms with Crippen LogP contribution in [-0.2, 0) is 6.54 Å². The van der Waals surface area contributed by atoms with Crippen LogP contribution in [0.5, 0.6) is 0 Å². The van der Waals surface area contributed by atoms with Gasteiger partial charge >= 0.3 is 0 Å². The molecule has 1 fully saturated rings. The molecule has 23 heavy (non-hydrogen) atoms. The molecule has 1 amide bonds. The summed E-state index contributed by atoms with van der Waals surface area (Å²) in [4.78, 5) is 14.8. The van der Waals surface area contributed by atoms with Gasteiger partial charge in [-0.3, -0.25) is 4.79 Å². The molecule has 0 spiro atoms. The van der Waals surface area contributed by atoms with Gasteiger partial charge in [0.1, 0.15) is 0 Å². The Morgan fingerprint density at radius 1 is 1.22 bits per heavy atom. The van der Waals surface area contributed by atoms with Crippen LogP contribution in [0.1, 0.15) is 40.4 Å². The second-order valence-corrected chi connectivity index (χ2v) is 6.53. The van der Waals surface area contributed by atoms with E-state index in [1.807, 2.05) is 41.3 Å². The molecule has 0 aliphatic carbocycles. The van der Waals surface area contributed by atoms with E-state index in [9.17, 15) is 4.79 Å². The minimum absolute atomic E-state index is 0. The first-order valence-corrected chi connectivity index (χ1v) is 8.34. The highest BCUT2D eigenvalue weighted by Crippen LogP contribution is 2.34. The van der Waals surface area contributed by atoms with Crippen LogP contribution in [0.3, 0.4) is 0 Å². The summed E-state index contributed by atoms with van der Waals surface area (Å²) in [7, 11) is 0. The standard InChI is InChI=1S/C18H19BrN2O.ClH/c19-16-4-1-3-15(11-16)17-5-2-10-21(17)18(22)14-8-6-13(12-20)7-9-14;/h1,3-4,6-9,11,17H,2,5,10,12,20H2;1H. The Morgan fingerprint density at radius 2 is 1.96 bits per heavy atom. The third-order valence-corrected chi connectivity index (χ3v) is 4.68. The molecule has 2 aromatic carbocycles. The SMILES string of the molecule is Cl.NCc1ccc(C(=O)N2CCCC2c2cccc(Br)c2)cc1. The molecule has 0 aromatic heterocycles. The van der Waals surface area contributed by atoms with E-state index in [0.29, 0.717) is 6.54 Å². The van der Waals surface area contributed by atoms with Crippen molar-refractivity contribution in [1.82, 2.24) is 4.90 Å². The van der Waals surface area contributed by atoms with Crippen molar-refractivity contribution in [3.05, 3.63) is 69.7 Å². The zero-order valence-corrected chi connectivity index (χ0v) is 15.1. The molecule has 0 radical (unpaired) electrons. The molecule has 2 aromatic rings. The predicted octanol–water partition coefficient (Wildman–Crippen LogP) is 4.31. The summed E-state index contributed by atoms with van der Waals surface area (Å²) in [5.41, 5.74) is 8.58. The number of carbonyl (C=O) groups excluding carboxylic acids is 1. The molecule has 1 aliphatic heterocycles. The highest BCUT2D eigenvalue weighted by atomic mass is 79.9. The van der Waals surface area contributed by atoms with Crippen LogP contribution in [0.2, 0.25) is 0 Å². The van der Waals surface area contributed by atoms with Gasteiger partial charge in [0.15, 0.2) is 0 Å². The van der Waals surface area contributed by atoms with E-state index in [1.165, 1.54) is 5.56 Å². The van der Waals surface area contributed by atoms with Crippen molar-refractivity contribution in [3.63, 3.8) is 0 Å². The Morgan fingerprint density at radius 3 is 2.61 bits per heavy atom. The average molecular weight is 396 g/mol. The van der Waals surface area contributed by atoms with Crippen molar-refractivity contribution in [2.24, 2.45) is 5.73 Å². The lowest BCUT2D eigenvalue weighted by Crippen LogP contribution is -2.30. The maximum absolute atomic E-state index is 12.8. The van der Waals surface area contributed by atoms with Crippen molar-refractivity contribution in [2.45, 2.75) is 25.4 Å². The zero-order chi connectivity index (χ0) is 15.5. The summed E-state index contributed by atoms with van der Waals surface area (Å²) in [6.07, 6.45) is 2.06. The Bertz CT molecular complexity index is 675. The molecule has 122 valence electrons. The summed E-state index contributed by atoms with van der Waals surface area (Å²) in [5.74, 6) is 0.103. The minimum Gasteiger partial charge on any atom is -0.332 e. The smallest absolute Gasteiger partial charge is 0.254 e. The number of nitrogens with two attached hydrogens (primary N) is 1. The summed E-state index contributed by atoms with van der Waals surface area (Å²) in [6.45, 7) is 1.31. The van der Waals surface area contributed by atoms with E-state index < -0.39 is 0 Å². The van der Waals surface area contributed by atoms with Gasteiger partial charge in [-0.15, -0.1) is 12.4 Å². The van der Waals surface area contributed by atoms with Gasteiger partial charge in [-0.05, 0) is 48.2 Å². The van der Waals surface area contributed by atoms with Crippen molar-refractivity contribution in [3.8, 4) is 0 Å². The van der Waals surface area contributed by atoms with Gasteiger partial charge in [0.25, 0.3) is 5.91 Å². The number of amides is 1. The van der Waals surface area contributed by atoms with Crippen LogP contribution in [-0.4, -0.2) is 17.4 Å². The van der Waals surface area contributed by atoms with E-state index in [-0.39, 0.29) is 24.4 Å². The normalized spacial score (nSPS) is 17.0. The van der Waals surface area contributed by atoms with Crippen LogP contribution < -0.4 is 5.73 Å². The number of benzene rings is 2. The fraction of sp³-hybridized carbons (Fsp3) is 0.278. The van der Waals surface area contributed by atoms with Gasteiger partial charge in [-0.2, -0.15) is 0 Å². The fourth-order valence-corrected chi connectivity index (χ4v) is 3.44. The van der Waals surface area contributed by atoms with Crippen molar-refractivity contribution < 1.29 is 4.79 Å². The molecule has 1 aliphatic rings. The Kier molecular flexibility index (Phi) is 6.22. The molecule has 1 unspecified atom stereocenters. The summed E-state index contributed by atoms with van der Waals surface area (Å²) in [6, 6.07) is 16.0. The predicted molar refractivity (Wildman–Crippen MR) is 98.7 cm³/mol. The summed E-state index contributed by atoms with van der Waals surface area (Å²) in [5, 5.41) is 0. The van der Waals surface area contributed by atoms with E-state index >= 15 is 0 Å². The molecule has 2 N–H and O–H groups in total. The summed E-state index contributed by atoms with van der Waals surface area (Å²) < 4.78 is 1.05. The second kappa shape index (κ2) is 7.95. The molecule has 0 bridgehead atoms. The second-order valence-electron chi connectivity index (χ2n) is 5.61. The molecular formula is C18H20BrClN2O. The van der Waals surface area contributed by atoms with E-state index in [2.05, 4.69) is 28.1 Å². The van der Waals surface area contributed by atoms with Gasteiger partial charge in [0.05, 0.1) is 6.04 Å². The van der Waals surface area contributed by atoms with E-state index in [4.69, 9.17) is 5.73 Å². The van der Waals surface area contributed by atoms with E-state index in [0.717, 1.165) is 35.0 Å². The van der Waals surface area contributed by atoms with Gasteiger partial charge in [0, 0.05) is 23.1 Å². The number of hydrogen-bond donors (Lipinski definition) is 1. The lowest BCUT2D eigenvalue weighted by molar-refractivity contribution is 0.0735. The zero-order valence-electron chi connectivity index (χ0n) is 12.7. The van der Waals surface area contributed by atoms with Crippen molar-refractivity contribution in [1.29, 1.82) is 0 Å². The number of rotatable bonds is 3. The maximum Gasteiger partial charge on any atom is 0.254 e. The number of nitrogens with zero attached hydrogens (tertiary/aromatic N) is 1. The molecule has 3 rings (SSSR count). The number of hydrogen-bond acceptors (Lipinski definition) is 2. The highest BCUT2D eigenvalue weighted by Gasteiger charge is 2.30. The Balaban J connectivity index is 0.00000192. The fourth-order valence-electron chi connectivity index (χ4n) is 3.02. The van der Waals surface area contributed by atoms with Crippen LogP contribution in [0.15, 0.2) is 53.0 Å². The molecule has 5 heteroatoms. The summed E-state index contributed by atoms with van der Waals surface area (Å²) >= 11 is 3.51. The molecule has 3 nitrogen and oxygen atoms in total. The molecule has 1 heterocycles. The Labute approximate surface area is 151 Å². The molecule has 1 atom stereocenters. The monoisotopic (exact) mass is 394 g/mol. The third-order valence-electron chi connectivity index (χ3n) is 4.18. The Hall–Kier alpha value is -1.36. The first-order chi connectivity index (χ1) is 10.7. The van der Waals surface area contributed by atoms with Crippen LogP contribution in [0, 0.1) is 0 Å². The average Bonchev–Trinajstić information content (AvgIpc) is 3.04. The van der Waals surface area contributed by atoms with Crippen LogP contribution in [0.25, 0.3) is 0 Å². The topological polar surface area (TPSA) is 46.3 Å². The van der Waals surface area contributed by atoms with Gasteiger partial charge in [-0.1, -0.05) is 40.2 Å². The molecular weight excluding hydrogens is 376 g/mol. The lowest BCUT2D eigenvalue weighted by atomic mass is 10.0. The van der Waals surface area contributed by atoms with Gasteiger partial charge in [-0.25, -0.2) is 0 Å². The van der Waals surface area contributed by atoms with E-state index in [1.54, 1.807) is 0 Å². The first-order valence-electron chi connectivity index (χ1n) is 7.54. The quantitative estimate of drug-likeness (QED) is 0.842. The number of carbonyl (C=O) groups is 1. The maximum atomic E-state index is 12.8. The van der Waals surface area contributed by atoms with Crippen molar-refractivity contribution in [2.75, 3.05) is 6.54 Å². The van der Waals surface area contributed by atoms with Crippen molar-refractivity contribution >= 4 is 34.2 Å². The molecule has 1 saturated heterocycles. The third kappa shape index (κ3) is 3.94. The largest absolute Gasteiger partial charge is 0.332 e. The minimum atomic E-state index is 0. The first kappa shape index (κ1) is 18.0. The number of likely N-dealkylation sites (tertiary alicyclic amines) is 1. The molecule has 0 saturated carbocycles.